The van der Waals surface area contributed by atoms with Crippen LogP contribution >= 0.6 is 0 Å². The summed E-state index contributed by atoms with van der Waals surface area (Å²) >= 11 is 0. The fourth-order valence-electron chi connectivity index (χ4n) is 5.21. The monoisotopic (exact) mass is 616 g/mol. The molecule has 232 valence electrons. The number of H-pyrrole nitrogens is 1. The van der Waals surface area contributed by atoms with Gasteiger partial charge < -0.3 is 34.6 Å². The number of carbonyl (C=O) groups is 2. The molecule has 1 fully saturated rings. The molecule has 1 aliphatic heterocycles. The lowest BCUT2D eigenvalue weighted by Crippen LogP contribution is -2.60. The van der Waals surface area contributed by atoms with Gasteiger partial charge in [0, 0.05) is 5.56 Å². The molecule has 0 aliphatic carbocycles. The minimum Gasteiger partial charge on any atom is -0.479 e. The molecule has 0 amide bonds. The van der Waals surface area contributed by atoms with Crippen LogP contribution in [0.1, 0.15) is 22.8 Å². The molecule has 0 bridgehead atoms. The number of para-hydroxylation sites is 1. The van der Waals surface area contributed by atoms with Gasteiger partial charge in [0.2, 0.25) is 12.1 Å². The van der Waals surface area contributed by atoms with E-state index in [1.807, 2.05) is 48.5 Å². The molecule has 5 aromatic rings. The number of benzene rings is 3. The number of carboxylic acids is 1. The Balaban J connectivity index is 1.31. The molecular weight excluding hydrogens is 588 g/mol. The quantitative estimate of drug-likeness (QED) is 0.148. The van der Waals surface area contributed by atoms with Crippen LogP contribution in [0.2, 0.25) is 0 Å². The van der Waals surface area contributed by atoms with Crippen molar-refractivity contribution in [2.75, 3.05) is 6.61 Å². The van der Waals surface area contributed by atoms with Gasteiger partial charge in [0.05, 0.1) is 29.7 Å². The summed E-state index contributed by atoms with van der Waals surface area (Å²) < 4.78 is 18.0. The number of nitrogens with one attached hydrogen (secondary N) is 1. The maximum atomic E-state index is 13.4. The van der Waals surface area contributed by atoms with Crippen molar-refractivity contribution in [2.45, 2.75) is 44.2 Å². The Kier molecular flexibility index (Phi) is 8.23. The summed E-state index contributed by atoms with van der Waals surface area (Å²) in [5.74, 6) is -2.11. The van der Waals surface area contributed by atoms with E-state index < -0.39 is 42.6 Å². The zero-order chi connectivity index (χ0) is 31.7. The molecule has 1 unspecified atom stereocenters. The summed E-state index contributed by atoms with van der Waals surface area (Å²) in [5.41, 5.74) is 4.30. The van der Waals surface area contributed by atoms with Crippen LogP contribution in [0.4, 0.5) is 0 Å². The Morgan fingerprint density at radius 1 is 0.956 bits per heavy atom. The SMILES string of the molecule is CCOc1nc2cccc(C(=O)OC3O[C@H](C(=O)O)[C@@H](O)[C@H](O)[C@H]3O)c2n1Cc1ccc(-c2ccccc2-c2nn[nH]n2)cc1. The molecule has 6 rings (SSSR count). The van der Waals surface area contributed by atoms with Crippen LogP contribution in [0.25, 0.3) is 33.5 Å². The van der Waals surface area contributed by atoms with Crippen molar-refractivity contribution in [3.8, 4) is 28.5 Å². The van der Waals surface area contributed by atoms with Gasteiger partial charge in [-0.15, -0.1) is 10.2 Å². The topological polar surface area (TPSA) is 215 Å². The highest BCUT2D eigenvalue weighted by Gasteiger charge is 2.48. The second-order valence-corrected chi connectivity index (χ2v) is 10.2. The van der Waals surface area contributed by atoms with Gasteiger partial charge in [0.15, 0.2) is 6.10 Å². The highest BCUT2D eigenvalue weighted by Crippen LogP contribution is 2.32. The lowest BCUT2D eigenvalue weighted by Gasteiger charge is -2.37. The summed E-state index contributed by atoms with van der Waals surface area (Å²) in [7, 11) is 0. The van der Waals surface area contributed by atoms with E-state index in [-0.39, 0.29) is 18.1 Å². The fraction of sp³-hybridized carbons (Fsp3) is 0.267. The Morgan fingerprint density at radius 2 is 1.71 bits per heavy atom. The second-order valence-electron chi connectivity index (χ2n) is 10.2. The average molecular weight is 617 g/mol. The number of aromatic amines is 1. The van der Waals surface area contributed by atoms with E-state index in [2.05, 4.69) is 25.6 Å². The van der Waals surface area contributed by atoms with E-state index in [4.69, 9.17) is 14.2 Å². The molecule has 15 nitrogen and oxygen atoms in total. The highest BCUT2D eigenvalue weighted by molar-refractivity contribution is 6.02. The van der Waals surface area contributed by atoms with Crippen LogP contribution in [0.15, 0.2) is 66.7 Å². The highest BCUT2D eigenvalue weighted by atomic mass is 16.7. The molecule has 0 radical (unpaired) electrons. The number of aromatic nitrogens is 6. The number of ether oxygens (including phenoxy) is 3. The summed E-state index contributed by atoms with van der Waals surface area (Å²) in [6.07, 6.45) is -9.53. The van der Waals surface area contributed by atoms with E-state index in [1.165, 1.54) is 6.07 Å². The van der Waals surface area contributed by atoms with Crippen molar-refractivity contribution < 1.29 is 44.2 Å². The molecule has 3 heterocycles. The fourth-order valence-corrected chi connectivity index (χ4v) is 5.21. The molecular formula is C30H28N6O9. The number of carboxylic acid groups (broad SMARTS) is 1. The van der Waals surface area contributed by atoms with Crippen molar-refractivity contribution in [1.82, 2.24) is 30.2 Å². The molecule has 2 aromatic heterocycles. The number of esters is 1. The predicted molar refractivity (Wildman–Crippen MR) is 155 cm³/mol. The van der Waals surface area contributed by atoms with Crippen LogP contribution in [-0.2, 0) is 20.8 Å². The number of aliphatic hydroxyl groups excluding tert-OH is 3. The van der Waals surface area contributed by atoms with Crippen LogP contribution < -0.4 is 4.74 Å². The number of fused-ring (bicyclic) bond motifs is 1. The lowest BCUT2D eigenvalue weighted by atomic mass is 9.98. The van der Waals surface area contributed by atoms with Gasteiger partial charge in [0.25, 0.3) is 6.01 Å². The Labute approximate surface area is 254 Å². The number of tetrazole rings is 1. The number of nitrogens with zero attached hydrogens (tertiary/aromatic N) is 5. The van der Waals surface area contributed by atoms with Gasteiger partial charge in [-0.3, -0.25) is 4.57 Å². The van der Waals surface area contributed by atoms with Crippen molar-refractivity contribution in [2.24, 2.45) is 0 Å². The van der Waals surface area contributed by atoms with Crippen LogP contribution in [0.5, 0.6) is 6.01 Å². The third-order valence-corrected chi connectivity index (χ3v) is 7.38. The standard InChI is InChI=1S/C30H28N6O9/c1-2-43-30-31-20-9-5-8-19(28(42)45-29-24(39)22(37)23(38)25(44-29)27(40)41)21(20)36(30)14-15-10-12-16(13-11-15)17-6-3-4-7-18(17)26-32-34-35-33-26/h3-13,22-25,29,37-39H,2,14H2,1H3,(H,40,41)(H,32,33,34,35)/t22-,23-,24+,25-,29?/m0/s1. The van der Waals surface area contributed by atoms with E-state index in [0.29, 0.717) is 23.5 Å². The molecule has 3 aromatic carbocycles. The third-order valence-electron chi connectivity index (χ3n) is 7.38. The van der Waals surface area contributed by atoms with Crippen LogP contribution in [0, 0.1) is 0 Å². The van der Waals surface area contributed by atoms with Crippen molar-refractivity contribution >= 4 is 23.0 Å². The van der Waals surface area contributed by atoms with E-state index in [0.717, 1.165) is 22.3 Å². The van der Waals surface area contributed by atoms with Gasteiger partial charge in [0.1, 0.15) is 18.3 Å². The lowest BCUT2D eigenvalue weighted by molar-refractivity contribution is -0.278. The maximum Gasteiger partial charge on any atom is 0.342 e. The average Bonchev–Trinajstić information content (AvgIpc) is 3.70. The molecule has 5 N–H and O–H groups in total. The van der Waals surface area contributed by atoms with E-state index in [9.17, 15) is 30.0 Å². The number of imidazole rings is 1. The van der Waals surface area contributed by atoms with Crippen molar-refractivity contribution in [3.05, 3.63) is 77.9 Å². The minimum atomic E-state index is -1.93. The second kappa shape index (κ2) is 12.4. The molecule has 15 heteroatoms. The molecule has 45 heavy (non-hydrogen) atoms. The van der Waals surface area contributed by atoms with Crippen LogP contribution in [-0.4, -0.2) is 99.9 Å². The first-order valence-corrected chi connectivity index (χ1v) is 13.9. The zero-order valence-electron chi connectivity index (χ0n) is 23.7. The number of hydrogen-bond acceptors (Lipinski definition) is 12. The Bertz CT molecular complexity index is 1830. The molecule has 1 saturated heterocycles. The first-order chi connectivity index (χ1) is 21.8. The summed E-state index contributed by atoms with van der Waals surface area (Å²) in [6, 6.07) is 20.4. The number of rotatable bonds is 9. The molecule has 1 aliphatic rings. The number of aliphatic hydroxyl groups is 3. The Hall–Kier alpha value is -5.22. The predicted octanol–water partition coefficient (Wildman–Crippen LogP) is 1.38. The largest absolute Gasteiger partial charge is 0.479 e. The van der Waals surface area contributed by atoms with Gasteiger partial charge in [-0.1, -0.05) is 54.6 Å². The van der Waals surface area contributed by atoms with Gasteiger partial charge in [-0.2, -0.15) is 10.2 Å². The number of aliphatic carboxylic acids is 1. The van der Waals surface area contributed by atoms with E-state index >= 15 is 0 Å². The van der Waals surface area contributed by atoms with E-state index in [1.54, 1.807) is 23.6 Å². The van der Waals surface area contributed by atoms with Crippen LogP contribution in [0.3, 0.4) is 0 Å². The molecule has 0 saturated carbocycles. The first-order valence-electron chi connectivity index (χ1n) is 13.9. The van der Waals surface area contributed by atoms with Gasteiger partial charge >= 0.3 is 11.9 Å². The molecule has 0 spiro atoms. The smallest absolute Gasteiger partial charge is 0.342 e. The van der Waals surface area contributed by atoms with Crippen molar-refractivity contribution in [1.29, 1.82) is 0 Å². The molecule has 5 atom stereocenters. The maximum absolute atomic E-state index is 13.4. The number of carbonyl (C=O) groups excluding carboxylic acids is 1. The summed E-state index contributed by atoms with van der Waals surface area (Å²) in [6.45, 7) is 2.35. The Morgan fingerprint density at radius 3 is 2.40 bits per heavy atom. The third kappa shape index (κ3) is 5.72. The zero-order valence-corrected chi connectivity index (χ0v) is 23.7. The summed E-state index contributed by atoms with van der Waals surface area (Å²) in [5, 5.41) is 54.1. The summed E-state index contributed by atoms with van der Waals surface area (Å²) in [4.78, 5) is 29.5. The van der Waals surface area contributed by atoms with Gasteiger partial charge in [-0.25, -0.2) is 9.59 Å². The minimum absolute atomic E-state index is 0.0277. The van der Waals surface area contributed by atoms with Crippen molar-refractivity contribution in [3.63, 3.8) is 0 Å². The number of hydrogen-bond donors (Lipinski definition) is 5. The normalized spacial score (nSPS) is 21.5. The van der Waals surface area contributed by atoms with Gasteiger partial charge in [-0.05, 0) is 41.0 Å². The first kappa shape index (κ1) is 29.8.